The van der Waals surface area contributed by atoms with Crippen LogP contribution in [-0.4, -0.2) is 4.57 Å². The lowest BCUT2D eigenvalue weighted by atomic mass is 10.0. The van der Waals surface area contributed by atoms with Crippen molar-refractivity contribution in [1.82, 2.24) is 4.57 Å². The van der Waals surface area contributed by atoms with Gasteiger partial charge < -0.3 is 13.9 Å². The summed E-state index contributed by atoms with van der Waals surface area (Å²) in [4.78, 5) is 2.34. The minimum Gasteiger partial charge on any atom is -0.455 e. The van der Waals surface area contributed by atoms with E-state index in [1.807, 2.05) is 12.1 Å². The van der Waals surface area contributed by atoms with E-state index in [1.54, 1.807) is 0 Å². The fraction of sp³-hybridized carbons (Fsp3) is 0. The SMILES string of the molecule is c1ccc(-c2ccc(N(c3ccc(-c4ccc(-n5c6ccccc6c6cc7ccccc7cc65)cc4)cc3)c3cccc(-c4cccc5c4oc4ccccc45)c3)cc2)cc1. The second-order valence-corrected chi connectivity index (χ2v) is 15.7. The fourth-order valence-corrected chi connectivity index (χ4v) is 9.21. The molecular formula is C58H38N2O. The molecule has 0 N–H and O–H groups in total. The van der Waals surface area contributed by atoms with Crippen LogP contribution >= 0.6 is 0 Å². The number of fused-ring (bicyclic) bond motifs is 7. The van der Waals surface area contributed by atoms with Gasteiger partial charge in [-0.15, -0.1) is 0 Å². The molecule has 0 saturated heterocycles. The lowest BCUT2D eigenvalue weighted by molar-refractivity contribution is 0.670. The molecule has 0 aliphatic rings. The van der Waals surface area contributed by atoms with Gasteiger partial charge in [-0.1, -0.05) is 158 Å². The van der Waals surface area contributed by atoms with Crippen LogP contribution in [0.2, 0.25) is 0 Å². The summed E-state index contributed by atoms with van der Waals surface area (Å²) in [6.07, 6.45) is 0. The number of furan rings is 1. The van der Waals surface area contributed by atoms with Crippen LogP contribution in [0.4, 0.5) is 17.1 Å². The van der Waals surface area contributed by atoms with E-state index in [1.165, 1.54) is 49.3 Å². The van der Waals surface area contributed by atoms with Crippen LogP contribution < -0.4 is 4.90 Å². The van der Waals surface area contributed by atoms with Gasteiger partial charge in [-0.3, -0.25) is 0 Å². The maximum absolute atomic E-state index is 6.48. The standard InChI is InChI=1S/C58H38N2O/c1-2-12-39(13-3-1)40-24-30-46(31-25-40)59(49-17-10-16-45(36-49)50-20-11-21-53-52-19-7-9-23-57(52)61-58(50)53)47-32-26-41(27-33-47)42-28-34-48(35-29-42)60-55-22-8-6-18-51(55)54-37-43-14-4-5-15-44(43)38-56(54)60/h1-38H. The average molecular weight is 779 g/mol. The molecule has 0 aliphatic carbocycles. The number of nitrogens with zero attached hydrogens (tertiary/aromatic N) is 2. The van der Waals surface area contributed by atoms with Crippen molar-refractivity contribution in [3.8, 4) is 39.1 Å². The third-order valence-corrected chi connectivity index (χ3v) is 12.2. The Kier molecular flexibility index (Phi) is 8.17. The van der Waals surface area contributed by atoms with Crippen LogP contribution in [0.25, 0.3) is 93.6 Å². The minimum atomic E-state index is 0.899. The fourth-order valence-electron chi connectivity index (χ4n) is 9.21. The van der Waals surface area contributed by atoms with Crippen LogP contribution in [-0.2, 0) is 0 Å². The molecule has 0 saturated carbocycles. The molecule has 0 spiro atoms. The molecule has 2 heterocycles. The Labute approximate surface area is 353 Å². The minimum absolute atomic E-state index is 0.899. The highest BCUT2D eigenvalue weighted by Crippen LogP contribution is 2.41. The zero-order chi connectivity index (χ0) is 40.3. The molecule has 12 aromatic rings. The number of para-hydroxylation sites is 3. The van der Waals surface area contributed by atoms with Crippen molar-refractivity contribution < 1.29 is 4.42 Å². The molecule has 0 bridgehead atoms. The van der Waals surface area contributed by atoms with Gasteiger partial charge in [0.2, 0.25) is 0 Å². The largest absolute Gasteiger partial charge is 0.455 e. The molecule has 61 heavy (non-hydrogen) atoms. The highest BCUT2D eigenvalue weighted by atomic mass is 16.3. The summed E-state index contributed by atoms with van der Waals surface area (Å²) in [7, 11) is 0. The summed E-state index contributed by atoms with van der Waals surface area (Å²) < 4.78 is 8.88. The van der Waals surface area contributed by atoms with Crippen LogP contribution in [0.3, 0.4) is 0 Å². The quantitative estimate of drug-likeness (QED) is 0.161. The van der Waals surface area contributed by atoms with Gasteiger partial charge in [0.05, 0.1) is 11.0 Å². The molecular weight excluding hydrogens is 741 g/mol. The number of benzene rings is 10. The van der Waals surface area contributed by atoms with Gasteiger partial charge in [0.15, 0.2) is 0 Å². The molecule has 286 valence electrons. The van der Waals surface area contributed by atoms with Crippen LogP contribution in [0.5, 0.6) is 0 Å². The highest BCUT2D eigenvalue weighted by molar-refractivity contribution is 6.14. The van der Waals surface area contributed by atoms with Gasteiger partial charge in [-0.2, -0.15) is 0 Å². The van der Waals surface area contributed by atoms with Gasteiger partial charge >= 0.3 is 0 Å². The Hall–Kier alpha value is -8.14. The monoisotopic (exact) mass is 778 g/mol. The lowest BCUT2D eigenvalue weighted by Gasteiger charge is -2.26. The molecule has 0 radical (unpaired) electrons. The van der Waals surface area contributed by atoms with Crippen molar-refractivity contribution in [3.05, 3.63) is 231 Å². The summed E-state index contributed by atoms with van der Waals surface area (Å²) in [6.45, 7) is 0. The summed E-state index contributed by atoms with van der Waals surface area (Å²) >= 11 is 0. The molecule has 3 nitrogen and oxygen atoms in total. The first kappa shape index (κ1) is 34.9. The molecule has 0 aliphatic heterocycles. The Bertz CT molecular complexity index is 3560. The topological polar surface area (TPSA) is 21.3 Å². The molecule has 0 fully saturated rings. The molecule has 2 aromatic heterocycles. The van der Waals surface area contributed by atoms with Gasteiger partial charge in [-0.05, 0) is 111 Å². The first-order valence-electron chi connectivity index (χ1n) is 20.8. The summed E-state index contributed by atoms with van der Waals surface area (Å²) in [5.41, 5.74) is 15.5. The molecule has 10 aromatic carbocycles. The first-order valence-corrected chi connectivity index (χ1v) is 20.8. The molecule has 0 atom stereocenters. The number of rotatable bonds is 7. The number of aromatic nitrogens is 1. The number of anilines is 3. The van der Waals surface area contributed by atoms with Crippen molar-refractivity contribution in [2.24, 2.45) is 0 Å². The van der Waals surface area contributed by atoms with E-state index in [2.05, 4.69) is 228 Å². The van der Waals surface area contributed by atoms with Crippen molar-refractivity contribution >= 4 is 71.6 Å². The molecule has 0 unspecified atom stereocenters. The van der Waals surface area contributed by atoms with Gasteiger partial charge in [-0.25, -0.2) is 0 Å². The summed E-state index contributed by atoms with van der Waals surface area (Å²) in [5, 5.41) is 7.29. The lowest BCUT2D eigenvalue weighted by Crippen LogP contribution is -2.10. The van der Waals surface area contributed by atoms with Crippen molar-refractivity contribution in [2.45, 2.75) is 0 Å². The van der Waals surface area contributed by atoms with Gasteiger partial charge in [0.1, 0.15) is 11.2 Å². The Morgan fingerprint density at radius 2 is 0.885 bits per heavy atom. The van der Waals surface area contributed by atoms with E-state index in [-0.39, 0.29) is 0 Å². The molecule has 3 heteroatoms. The predicted octanol–water partition coefficient (Wildman–Crippen LogP) is 16.3. The van der Waals surface area contributed by atoms with Crippen molar-refractivity contribution in [1.29, 1.82) is 0 Å². The maximum Gasteiger partial charge on any atom is 0.143 e. The zero-order valence-electron chi connectivity index (χ0n) is 33.2. The Morgan fingerprint density at radius 1 is 0.328 bits per heavy atom. The van der Waals surface area contributed by atoms with Crippen LogP contribution in [0.15, 0.2) is 235 Å². The predicted molar refractivity (Wildman–Crippen MR) is 257 cm³/mol. The number of hydrogen-bond donors (Lipinski definition) is 0. The van der Waals surface area contributed by atoms with E-state index in [9.17, 15) is 0 Å². The summed E-state index contributed by atoms with van der Waals surface area (Å²) in [6, 6.07) is 82.9. The third-order valence-electron chi connectivity index (χ3n) is 12.2. The van der Waals surface area contributed by atoms with E-state index in [0.717, 1.165) is 61.4 Å². The normalized spacial score (nSPS) is 11.6. The highest BCUT2D eigenvalue weighted by Gasteiger charge is 2.18. The van der Waals surface area contributed by atoms with E-state index in [0.29, 0.717) is 0 Å². The maximum atomic E-state index is 6.48. The third kappa shape index (κ3) is 5.98. The van der Waals surface area contributed by atoms with Crippen LogP contribution in [0, 0.1) is 0 Å². The van der Waals surface area contributed by atoms with E-state index < -0.39 is 0 Å². The molecule has 0 amide bonds. The summed E-state index contributed by atoms with van der Waals surface area (Å²) in [5.74, 6) is 0. The first-order chi connectivity index (χ1) is 30.2. The molecule has 12 rings (SSSR count). The van der Waals surface area contributed by atoms with Crippen molar-refractivity contribution in [3.63, 3.8) is 0 Å². The Morgan fingerprint density at radius 3 is 1.62 bits per heavy atom. The van der Waals surface area contributed by atoms with Gasteiger partial charge in [0, 0.05) is 49.9 Å². The van der Waals surface area contributed by atoms with Crippen molar-refractivity contribution in [2.75, 3.05) is 4.90 Å². The zero-order valence-corrected chi connectivity index (χ0v) is 33.2. The second-order valence-electron chi connectivity index (χ2n) is 15.7. The van der Waals surface area contributed by atoms with Crippen LogP contribution in [0.1, 0.15) is 0 Å². The second kappa shape index (κ2) is 14.3. The average Bonchev–Trinajstić information content (AvgIpc) is 3.87. The Balaban J connectivity index is 0.923. The number of hydrogen-bond acceptors (Lipinski definition) is 2. The van der Waals surface area contributed by atoms with E-state index >= 15 is 0 Å². The smallest absolute Gasteiger partial charge is 0.143 e. The van der Waals surface area contributed by atoms with E-state index in [4.69, 9.17) is 4.42 Å². The van der Waals surface area contributed by atoms with Gasteiger partial charge in [0.25, 0.3) is 0 Å².